The molecule has 5 heteroatoms. The Morgan fingerprint density at radius 1 is 1.83 bits per heavy atom. The van der Waals surface area contributed by atoms with E-state index in [0.29, 0.717) is 13.0 Å². The molecule has 1 fully saturated rings. The van der Waals surface area contributed by atoms with Gasteiger partial charge in [0.1, 0.15) is 6.04 Å². The zero-order valence-corrected chi connectivity index (χ0v) is 6.95. The van der Waals surface area contributed by atoms with Crippen LogP contribution in [0.2, 0.25) is 0 Å². The minimum Gasteiger partial charge on any atom is -0.465 e. The van der Waals surface area contributed by atoms with Gasteiger partial charge in [0.15, 0.2) is 0 Å². The highest BCUT2D eigenvalue weighted by Crippen LogP contribution is 2.06. The van der Waals surface area contributed by atoms with E-state index in [4.69, 9.17) is 14.7 Å². The van der Waals surface area contributed by atoms with Crippen molar-refractivity contribution in [2.75, 3.05) is 13.2 Å². The van der Waals surface area contributed by atoms with Crippen molar-refractivity contribution >= 4 is 5.97 Å². The molecule has 1 saturated heterocycles. The van der Waals surface area contributed by atoms with Crippen molar-refractivity contribution in [2.45, 2.75) is 25.5 Å². The monoisotopic (exact) mass is 175 g/mol. The van der Waals surface area contributed by atoms with Gasteiger partial charge in [-0.1, -0.05) is 0 Å². The second kappa shape index (κ2) is 4.39. The number of aliphatic hydroxyl groups excluding tert-OH is 1. The van der Waals surface area contributed by atoms with Crippen LogP contribution in [-0.2, 0) is 14.4 Å². The highest BCUT2D eigenvalue weighted by molar-refractivity contribution is 5.75. The van der Waals surface area contributed by atoms with E-state index in [0.717, 1.165) is 0 Å². The number of carbonyl (C=O) groups excluding carboxylic acids is 1. The first-order valence-corrected chi connectivity index (χ1v) is 3.96. The lowest BCUT2D eigenvalue weighted by molar-refractivity contribution is -0.159. The minimum absolute atomic E-state index is 0.218. The van der Waals surface area contributed by atoms with Crippen molar-refractivity contribution < 1.29 is 19.5 Å². The number of nitrogens with one attached hydrogen (secondary N) is 1. The van der Waals surface area contributed by atoms with Crippen molar-refractivity contribution in [3.63, 3.8) is 0 Å². The number of rotatable bonds is 2. The third-order valence-electron chi connectivity index (χ3n) is 1.58. The second-order valence-corrected chi connectivity index (χ2v) is 2.62. The summed E-state index contributed by atoms with van der Waals surface area (Å²) in [6.07, 6.45) is -0.237. The third kappa shape index (κ3) is 2.44. The Bertz CT molecular complexity index is 161. The normalized spacial score (nSPS) is 29.8. The molecule has 0 aromatic heterocycles. The van der Waals surface area contributed by atoms with Gasteiger partial charge in [-0.3, -0.25) is 9.63 Å². The average molecular weight is 175 g/mol. The molecule has 0 aromatic rings. The van der Waals surface area contributed by atoms with Crippen LogP contribution in [0.4, 0.5) is 0 Å². The summed E-state index contributed by atoms with van der Waals surface area (Å²) in [6, 6.07) is -0.534. The predicted octanol–water partition coefficient (Wildman–Crippen LogP) is -0.796. The predicted molar refractivity (Wildman–Crippen MR) is 40.1 cm³/mol. The van der Waals surface area contributed by atoms with Crippen LogP contribution in [0.1, 0.15) is 13.3 Å². The lowest BCUT2D eigenvalue weighted by Gasteiger charge is -2.24. The molecule has 1 heterocycles. The fraction of sp³-hybridized carbons (Fsp3) is 0.857. The Kier molecular flexibility index (Phi) is 3.46. The molecule has 0 saturated carbocycles. The average Bonchev–Trinajstić information content (AvgIpc) is 2.05. The van der Waals surface area contributed by atoms with Crippen LogP contribution in [0.5, 0.6) is 0 Å². The topological polar surface area (TPSA) is 67.8 Å². The Labute approximate surface area is 70.6 Å². The molecule has 0 unspecified atom stereocenters. The van der Waals surface area contributed by atoms with E-state index in [-0.39, 0.29) is 12.6 Å². The third-order valence-corrected chi connectivity index (χ3v) is 1.58. The summed E-state index contributed by atoms with van der Waals surface area (Å²) >= 11 is 0. The molecule has 1 aliphatic rings. The quantitative estimate of drug-likeness (QED) is 0.538. The van der Waals surface area contributed by atoms with Gasteiger partial charge >= 0.3 is 5.97 Å². The lowest BCUT2D eigenvalue weighted by atomic mass is 10.1. The zero-order valence-electron chi connectivity index (χ0n) is 6.95. The van der Waals surface area contributed by atoms with Crippen LogP contribution in [0.25, 0.3) is 0 Å². The highest BCUT2D eigenvalue weighted by atomic mass is 16.7. The highest BCUT2D eigenvalue weighted by Gasteiger charge is 2.27. The van der Waals surface area contributed by atoms with Crippen molar-refractivity contribution in [3.8, 4) is 0 Å². The standard InChI is InChI=1S/C7H13NO4/c1-2-11-7(10)6-3-5(9)4-12-8-6/h5-6,8-9H,2-4H2,1H3/t5-,6-/m0/s1. The van der Waals surface area contributed by atoms with Gasteiger partial charge in [0.2, 0.25) is 0 Å². The molecular formula is C7H13NO4. The molecule has 0 amide bonds. The number of hydroxylamine groups is 1. The molecule has 70 valence electrons. The van der Waals surface area contributed by atoms with E-state index in [9.17, 15) is 4.79 Å². The zero-order chi connectivity index (χ0) is 8.97. The van der Waals surface area contributed by atoms with E-state index in [1.807, 2.05) is 0 Å². The number of hydrogen-bond donors (Lipinski definition) is 2. The maximum absolute atomic E-state index is 11.1. The first-order valence-electron chi connectivity index (χ1n) is 3.96. The largest absolute Gasteiger partial charge is 0.465 e. The molecule has 0 spiro atoms. The van der Waals surface area contributed by atoms with Crippen molar-refractivity contribution in [1.82, 2.24) is 5.48 Å². The van der Waals surface area contributed by atoms with E-state index in [1.54, 1.807) is 6.92 Å². The van der Waals surface area contributed by atoms with Crippen LogP contribution in [-0.4, -0.2) is 36.4 Å². The Morgan fingerprint density at radius 3 is 3.17 bits per heavy atom. The second-order valence-electron chi connectivity index (χ2n) is 2.62. The summed E-state index contributed by atoms with van der Waals surface area (Å²) in [5, 5.41) is 9.12. The van der Waals surface area contributed by atoms with Crippen LogP contribution < -0.4 is 5.48 Å². The van der Waals surface area contributed by atoms with Crippen LogP contribution in [0, 0.1) is 0 Å². The van der Waals surface area contributed by atoms with Gasteiger partial charge in [0.05, 0.1) is 19.3 Å². The summed E-state index contributed by atoms with van der Waals surface area (Å²) < 4.78 is 4.74. The number of ether oxygens (including phenoxy) is 1. The molecule has 5 nitrogen and oxygen atoms in total. The molecule has 0 aliphatic carbocycles. The molecular weight excluding hydrogens is 162 g/mol. The van der Waals surface area contributed by atoms with Crippen molar-refractivity contribution in [2.24, 2.45) is 0 Å². The van der Waals surface area contributed by atoms with Crippen molar-refractivity contribution in [1.29, 1.82) is 0 Å². The minimum atomic E-state index is -0.583. The van der Waals surface area contributed by atoms with Gasteiger partial charge in [-0.05, 0) is 6.92 Å². The summed E-state index contributed by atoms with van der Waals surface area (Å²) in [7, 11) is 0. The van der Waals surface area contributed by atoms with Gasteiger partial charge in [0, 0.05) is 6.42 Å². The van der Waals surface area contributed by atoms with E-state index >= 15 is 0 Å². The molecule has 0 radical (unpaired) electrons. The first kappa shape index (κ1) is 9.44. The van der Waals surface area contributed by atoms with E-state index < -0.39 is 12.1 Å². The molecule has 0 aromatic carbocycles. The van der Waals surface area contributed by atoms with Crippen LogP contribution in [0.3, 0.4) is 0 Å². The van der Waals surface area contributed by atoms with Gasteiger partial charge in [-0.2, -0.15) is 5.48 Å². The van der Waals surface area contributed by atoms with Gasteiger partial charge in [-0.15, -0.1) is 0 Å². The summed E-state index contributed by atoms with van der Waals surface area (Å²) in [6.45, 7) is 2.29. The Balaban J connectivity index is 2.35. The fourth-order valence-corrected chi connectivity index (χ4v) is 1.02. The number of hydrogen-bond acceptors (Lipinski definition) is 5. The van der Waals surface area contributed by atoms with Crippen molar-refractivity contribution in [3.05, 3.63) is 0 Å². The Hall–Kier alpha value is -0.650. The number of esters is 1. The van der Waals surface area contributed by atoms with Gasteiger partial charge < -0.3 is 9.84 Å². The number of aliphatic hydroxyl groups is 1. The molecule has 1 aliphatic heterocycles. The van der Waals surface area contributed by atoms with Crippen LogP contribution in [0.15, 0.2) is 0 Å². The molecule has 1 rings (SSSR count). The van der Waals surface area contributed by atoms with Crippen LogP contribution >= 0.6 is 0 Å². The maximum Gasteiger partial charge on any atom is 0.325 e. The molecule has 0 bridgehead atoms. The molecule has 2 atom stereocenters. The molecule has 12 heavy (non-hydrogen) atoms. The number of carbonyl (C=O) groups is 1. The van der Waals surface area contributed by atoms with Gasteiger partial charge in [-0.25, -0.2) is 0 Å². The van der Waals surface area contributed by atoms with Gasteiger partial charge in [0.25, 0.3) is 0 Å². The Morgan fingerprint density at radius 2 is 2.58 bits per heavy atom. The summed E-state index contributed by atoms with van der Waals surface area (Å²) in [4.78, 5) is 15.8. The molecule has 2 N–H and O–H groups in total. The smallest absolute Gasteiger partial charge is 0.325 e. The lowest BCUT2D eigenvalue weighted by Crippen LogP contribution is -2.47. The van der Waals surface area contributed by atoms with E-state index in [1.165, 1.54) is 0 Å². The summed E-state index contributed by atoms with van der Waals surface area (Å²) in [5.74, 6) is -0.378. The SMILES string of the molecule is CCOC(=O)[C@@H]1C[C@H](O)CON1. The fourth-order valence-electron chi connectivity index (χ4n) is 1.02. The van der Waals surface area contributed by atoms with E-state index in [2.05, 4.69) is 5.48 Å². The first-order chi connectivity index (χ1) is 5.74. The summed E-state index contributed by atoms with van der Waals surface area (Å²) in [5.41, 5.74) is 2.50. The maximum atomic E-state index is 11.1.